The Balaban J connectivity index is 2.32. The zero-order chi connectivity index (χ0) is 11.5. The number of fused-ring (bicyclic) bond motifs is 1. The molecule has 0 saturated heterocycles. The summed E-state index contributed by atoms with van der Waals surface area (Å²) in [5, 5.41) is 12.6. The molecule has 0 aliphatic carbocycles. The van der Waals surface area contributed by atoms with Crippen LogP contribution in [0, 0.1) is 0 Å². The van der Waals surface area contributed by atoms with Crippen molar-refractivity contribution in [1.29, 1.82) is 0 Å². The lowest BCUT2D eigenvalue weighted by molar-refractivity contribution is 0.0924. The minimum Gasteiger partial charge on any atom is -0.394 e. The van der Waals surface area contributed by atoms with Crippen molar-refractivity contribution in [1.82, 2.24) is 10.3 Å². The smallest absolute Gasteiger partial charge is 0.253 e. The number of benzene rings is 1. The molecule has 2 aromatic rings. The van der Waals surface area contributed by atoms with E-state index in [9.17, 15) is 4.79 Å². The summed E-state index contributed by atoms with van der Waals surface area (Å²) in [5.41, 5.74) is 1.42. The zero-order valence-corrected chi connectivity index (χ0v) is 9.03. The van der Waals surface area contributed by atoms with E-state index in [2.05, 4.69) is 10.3 Å². The van der Waals surface area contributed by atoms with Crippen LogP contribution in [0.2, 0.25) is 0 Å². The highest BCUT2D eigenvalue weighted by Crippen LogP contribution is 2.16. The number of H-pyrrole nitrogens is 1. The van der Waals surface area contributed by atoms with Crippen molar-refractivity contribution in [3.8, 4) is 0 Å². The van der Waals surface area contributed by atoms with Gasteiger partial charge in [-0.15, -0.1) is 0 Å². The summed E-state index contributed by atoms with van der Waals surface area (Å²) in [7, 11) is 0. The van der Waals surface area contributed by atoms with Gasteiger partial charge in [-0.05, 0) is 19.1 Å². The Labute approximate surface area is 93.3 Å². The molecular weight excluding hydrogens is 204 g/mol. The Morgan fingerprint density at radius 3 is 3.06 bits per heavy atom. The molecule has 3 N–H and O–H groups in total. The van der Waals surface area contributed by atoms with E-state index in [1.165, 1.54) is 0 Å². The first kappa shape index (κ1) is 10.7. The monoisotopic (exact) mass is 218 g/mol. The lowest BCUT2D eigenvalue weighted by Gasteiger charge is -2.11. The summed E-state index contributed by atoms with van der Waals surface area (Å²) in [6.45, 7) is 1.69. The lowest BCUT2D eigenvalue weighted by atomic mass is 10.1. The van der Waals surface area contributed by atoms with Crippen LogP contribution in [0.25, 0.3) is 10.9 Å². The van der Waals surface area contributed by atoms with E-state index >= 15 is 0 Å². The Kier molecular flexibility index (Phi) is 2.92. The molecule has 16 heavy (non-hydrogen) atoms. The molecule has 1 heterocycles. The number of hydrogen-bond acceptors (Lipinski definition) is 2. The predicted octanol–water partition coefficient (Wildman–Crippen LogP) is 1.28. The number of amides is 1. The highest BCUT2D eigenvalue weighted by molar-refractivity contribution is 6.05. The van der Waals surface area contributed by atoms with Gasteiger partial charge in [-0.2, -0.15) is 0 Å². The van der Waals surface area contributed by atoms with Crippen molar-refractivity contribution in [3.05, 3.63) is 36.0 Å². The lowest BCUT2D eigenvalue weighted by Crippen LogP contribution is -2.35. The number of carbonyl (C=O) groups excluding carboxylic acids is 1. The van der Waals surface area contributed by atoms with Crippen LogP contribution in [-0.2, 0) is 0 Å². The van der Waals surface area contributed by atoms with Gasteiger partial charge in [0.2, 0.25) is 0 Å². The van der Waals surface area contributed by atoms with Crippen LogP contribution < -0.4 is 5.32 Å². The number of aliphatic hydroxyl groups excluding tert-OH is 1. The van der Waals surface area contributed by atoms with Gasteiger partial charge in [0.15, 0.2) is 0 Å². The number of rotatable bonds is 3. The fraction of sp³-hybridized carbons (Fsp3) is 0.250. The van der Waals surface area contributed by atoms with E-state index in [0.29, 0.717) is 5.56 Å². The van der Waals surface area contributed by atoms with Gasteiger partial charge in [0, 0.05) is 17.6 Å². The van der Waals surface area contributed by atoms with Crippen LogP contribution in [-0.4, -0.2) is 28.6 Å². The molecule has 1 aromatic heterocycles. The predicted molar refractivity (Wildman–Crippen MR) is 62.3 cm³/mol. The van der Waals surface area contributed by atoms with Gasteiger partial charge in [0.25, 0.3) is 5.91 Å². The van der Waals surface area contributed by atoms with E-state index in [1.54, 1.807) is 19.2 Å². The standard InChI is InChI=1S/C12H14N2O2/c1-8(7-15)14-12(16)10-4-2-3-9-5-6-13-11(9)10/h2-6,8,13,15H,7H2,1H3,(H,14,16)/t8-/m1/s1. The number of aliphatic hydroxyl groups is 1. The molecule has 4 nitrogen and oxygen atoms in total. The van der Waals surface area contributed by atoms with E-state index in [1.807, 2.05) is 18.2 Å². The van der Waals surface area contributed by atoms with Gasteiger partial charge in [-0.1, -0.05) is 12.1 Å². The van der Waals surface area contributed by atoms with E-state index in [0.717, 1.165) is 10.9 Å². The van der Waals surface area contributed by atoms with Crippen molar-refractivity contribution >= 4 is 16.8 Å². The van der Waals surface area contributed by atoms with E-state index in [-0.39, 0.29) is 18.6 Å². The maximum atomic E-state index is 11.9. The second kappa shape index (κ2) is 4.37. The average molecular weight is 218 g/mol. The summed E-state index contributed by atoms with van der Waals surface area (Å²) in [5.74, 6) is -0.172. The van der Waals surface area contributed by atoms with Crippen molar-refractivity contribution in [2.24, 2.45) is 0 Å². The minimum atomic E-state index is -0.238. The van der Waals surface area contributed by atoms with Gasteiger partial charge < -0.3 is 15.4 Å². The molecule has 4 heteroatoms. The zero-order valence-electron chi connectivity index (χ0n) is 9.03. The second-order valence-electron chi connectivity index (χ2n) is 3.80. The summed E-state index contributed by atoms with van der Waals surface area (Å²) < 4.78 is 0. The molecule has 1 amide bonds. The number of aromatic amines is 1. The third kappa shape index (κ3) is 1.92. The first-order valence-electron chi connectivity index (χ1n) is 5.20. The Hall–Kier alpha value is -1.81. The molecule has 0 unspecified atom stereocenters. The number of hydrogen-bond donors (Lipinski definition) is 3. The summed E-state index contributed by atoms with van der Waals surface area (Å²) in [4.78, 5) is 14.9. The molecular formula is C12H14N2O2. The van der Waals surface area contributed by atoms with Crippen LogP contribution in [0.4, 0.5) is 0 Å². The fourth-order valence-corrected chi connectivity index (χ4v) is 1.62. The summed E-state index contributed by atoms with van der Waals surface area (Å²) in [6.07, 6.45) is 1.80. The van der Waals surface area contributed by atoms with Crippen LogP contribution in [0.15, 0.2) is 30.5 Å². The summed E-state index contributed by atoms with van der Waals surface area (Å²) in [6, 6.07) is 7.23. The van der Waals surface area contributed by atoms with Crippen molar-refractivity contribution in [2.75, 3.05) is 6.61 Å². The molecule has 1 atom stereocenters. The molecule has 84 valence electrons. The first-order chi connectivity index (χ1) is 7.72. The minimum absolute atomic E-state index is 0.0631. The number of para-hydroxylation sites is 1. The van der Waals surface area contributed by atoms with Crippen LogP contribution in [0.3, 0.4) is 0 Å². The molecule has 0 aliphatic heterocycles. The maximum Gasteiger partial charge on any atom is 0.253 e. The van der Waals surface area contributed by atoms with Crippen molar-refractivity contribution in [2.45, 2.75) is 13.0 Å². The van der Waals surface area contributed by atoms with Crippen molar-refractivity contribution in [3.63, 3.8) is 0 Å². The molecule has 0 radical (unpaired) electrons. The SMILES string of the molecule is C[C@H](CO)NC(=O)c1cccc2cc[nH]c12. The molecule has 0 bridgehead atoms. The third-order valence-corrected chi connectivity index (χ3v) is 2.48. The van der Waals surface area contributed by atoms with E-state index in [4.69, 9.17) is 5.11 Å². The van der Waals surface area contributed by atoms with Crippen molar-refractivity contribution < 1.29 is 9.90 Å². The average Bonchev–Trinajstić information content (AvgIpc) is 2.76. The van der Waals surface area contributed by atoms with Crippen LogP contribution in [0.5, 0.6) is 0 Å². The normalized spacial score (nSPS) is 12.6. The highest BCUT2D eigenvalue weighted by Gasteiger charge is 2.12. The summed E-state index contributed by atoms with van der Waals surface area (Å²) >= 11 is 0. The number of carbonyl (C=O) groups is 1. The molecule has 0 aliphatic rings. The van der Waals surface area contributed by atoms with E-state index < -0.39 is 0 Å². The van der Waals surface area contributed by atoms with Crippen LogP contribution in [0.1, 0.15) is 17.3 Å². The largest absolute Gasteiger partial charge is 0.394 e. The fourth-order valence-electron chi connectivity index (χ4n) is 1.62. The molecule has 0 spiro atoms. The van der Waals surface area contributed by atoms with Gasteiger partial charge in [-0.3, -0.25) is 4.79 Å². The Bertz CT molecular complexity index is 504. The maximum absolute atomic E-state index is 11.9. The number of aromatic nitrogens is 1. The van der Waals surface area contributed by atoms with Gasteiger partial charge >= 0.3 is 0 Å². The number of nitrogens with one attached hydrogen (secondary N) is 2. The Morgan fingerprint density at radius 2 is 2.31 bits per heavy atom. The van der Waals surface area contributed by atoms with Gasteiger partial charge in [-0.25, -0.2) is 0 Å². The first-order valence-corrected chi connectivity index (χ1v) is 5.20. The molecule has 1 aromatic carbocycles. The van der Waals surface area contributed by atoms with Gasteiger partial charge in [0.05, 0.1) is 17.7 Å². The second-order valence-corrected chi connectivity index (χ2v) is 3.80. The Morgan fingerprint density at radius 1 is 1.50 bits per heavy atom. The molecule has 0 saturated carbocycles. The third-order valence-electron chi connectivity index (χ3n) is 2.48. The quantitative estimate of drug-likeness (QED) is 0.726. The van der Waals surface area contributed by atoms with Gasteiger partial charge in [0.1, 0.15) is 0 Å². The van der Waals surface area contributed by atoms with Crippen LogP contribution >= 0.6 is 0 Å². The molecule has 2 rings (SSSR count). The highest BCUT2D eigenvalue weighted by atomic mass is 16.3. The molecule has 0 fully saturated rings. The topological polar surface area (TPSA) is 65.1 Å².